The Hall–Kier alpha value is -1.59. The summed E-state index contributed by atoms with van der Waals surface area (Å²) >= 11 is 12.4. The SMILES string of the molecule is CCCCCCCCCCCCOC(=O)c1cc(NC(=O)CC(=O)C2(CC)CC2)c(Cl)cc1Cl. The predicted molar refractivity (Wildman–Crippen MR) is 139 cm³/mol. The molecule has 1 fully saturated rings. The molecular formula is C27H39Cl2NO4. The number of hydrogen-bond acceptors (Lipinski definition) is 4. The molecule has 0 spiro atoms. The summed E-state index contributed by atoms with van der Waals surface area (Å²) in [5.74, 6) is -1.04. The zero-order valence-electron chi connectivity index (χ0n) is 20.7. The topological polar surface area (TPSA) is 72.5 Å². The summed E-state index contributed by atoms with van der Waals surface area (Å²) in [7, 11) is 0. The number of amides is 1. The van der Waals surface area contributed by atoms with Gasteiger partial charge in [0.15, 0.2) is 0 Å². The molecule has 0 saturated heterocycles. The quantitative estimate of drug-likeness (QED) is 0.130. The van der Waals surface area contributed by atoms with E-state index in [1.54, 1.807) is 0 Å². The van der Waals surface area contributed by atoms with Crippen molar-refractivity contribution in [2.75, 3.05) is 11.9 Å². The van der Waals surface area contributed by atoms with E-state index in [2.05, 4.69) is 12.2 Å². The van der Waals surface area contributed by atoms with Crippen LogP contribution in [0.4, 0.5) is 5.69 Å². The van der Waals surface area contributed by atoms with Crippen LogP contribution >= 0.6 is 23.2 Å². The molecule has 0 aliphatic heterocycles. The summed E-state index contributed by atoms with van der Waals surface area (Å²) in [6.07, 6.45) is 14.2. The third-order valence-corrected chi connectivity index (χ3v) is 7.35. The van der Waals surface area contributed by atoms with E-state index in [-0.39, 0.29) is 38.9 Å². The third-order valence-electron chi connectivity index (χ3n) is 6.72. The number of nitrogens with one attached hydrogen (secondary N) is 1. The second-order valence-electron chi connectivity index (χ2n) is 9.41. The smallest absolute Gasteiger partial charge is 0.339 e. The van der Waals surface area contributed by atoms with E-state index in [1.807, 2.05) is 6.92 Å². The molecule has 0 heterocycles. The molecule has 0 aromatic heterocycles. The Kier molecular flexibility index (Phi) is 12.4. The van der Waals surface area contributed by atoms with Gasteiger partial charge in [0.1, 0.15) is 5.78 Å². The second-order valence-corrected chi connectivity index (χ2v) is 10.2. The van der Waals surface area contributed by atoms with Crippen LogP contribution in [0.15, 0.2) is 12.1 Å². The largest absolute Gasteiger partial charge is 0.462 e. The lowest BCUT2D eigenvalue weighted by Gasteiger charge is -2.13. The van der Waals surface area contributed by atoms with Gasteiger partial charge < -0.3 is 10.1 Å². The van der Waals surface area contributed by atoms with Gasteiger partial charge in [-0.2, -0.15) is 0 Å². The van der Waals surface area contributed by atoms with Gasteiger partial charge in [-0.3, -0.25) is 9.59 Å². The second kappa shape index (κ2) is 14.7. The minimum Gasteiger partial charge on any atom is -0.462 e. The molecule has 0 radical (unpaired) electrons. The van der Waals surface area contributed by atoms with Gasteiger partial charge in [0, 0.05) is 5.41 Å². The van der Waals surface area contributed by atoms with Gasteiger partial charge in [-0.05, 0) is 37.8 Å². The average molecular weight is 513 g/mol. The van der Waals surface area contributed by atoms with Crippen LogP contribution in [-0.4, -0.2) is 24.3 Å². The Bertz CT molecular complexity index is 836. The third kappa shape index (κ3) is 9.22. The number of Topliss-reactive ketones (excluding diaryl/α,β-unsaturated/α-hetero) is 1. The maximum absolute atomic E-state index is 12.5. The Balaban J connectivity index is 1.74. The summed E-state index contributed by atoms with van der Waals surface area (Å²) < 4.78 is 5.38. The number of ether oxygens (including phenoxy) is 1. The summed E-state index contributed by atoms with van der Waals surface area (Å²) in [6.45, 7) is 4.52. The monoisotopic (exact) mass is 511 g/mol. The summed E-state index contributed by atoms with van der Waals surface area (Å²) in [5, 5.41) is 3.01. The van der Waals surface area contributed by atoms with Crippen LogP contribution in [0.25, 0.3) is 0 Å². The fourth-order valence-electron chi connectivity index (χ4n) is 4.14. The minimum absolute atomic E-state index is 0.0475. The highest BCUT2D eigenvalue weighted by molar-refractivity contribution is 6.38. The molecule has 1 N–H and O–H groups in total. The molecule has 1 aliphatic carbocycles. The Morgan fingerprint density at radius 1 is 0.882 bits per heavy atom. The van der Waals surface area contributed by atoms with Gasteiger partial charge in [0.05, 0.1) is 34.3 Å². The van der Waals surface area contributed by atoms with Crippen LogP contribution in [0.3, 0.4) is 0 Å². The zero-order chi connectivity index (χ0) is 25.0. The lowest BCUT2D eigenvalue weighted by Crippen LogP contribution is -2.23. The number of esters is 1. The van der Waals surface area contributed by atoms with Crippen LogP contribution in [0.1, 0.15) is 114 Å². The molecule has 1 saturated carbocycles. The van der Waals surface area contributed by atoms with Gasteiger partial charge in [-0.1, -0.05) is 94.8 Å². The highest BCUT2D eigenvalue weighted by atomic mass is 35.5. The van der Waals surface area contributed by atoms with E-state index in [9.17, 15) is 14.4 Å². The number of ketones is 1. The maximum Gasteiger partial charge on any atom is 0.339 e. The van der Waals surface area contributed by atoms with Crippen molar-refractivity contribution in [2.24, 2.45) is 5.41 Å². The van der Waals surface area contributed by atoms with Crippen LogP contribution in [0, 0.1) is 5.41 Å². The molecule has 0 bridgehead atoms. The molecule has 0 unspecified atom stereocenters. The van der Waals surface area contributed by atoms with Crippen molar-refractivity contribution < 1.29 is 19.1 Å². The number of carbonyl (C=O) groups is 3. The van der Waals surface area contributed by atoms with Crippen LogP contribution in [-0.2, 0) is 14.3 Å². The van der Waals surface area contributed by atoms with Crippen LogP contribution in [0.5, 0.6) is 0 Å². The van der Waals surface area contributed by atoms with Gasteiger partial charge in [-0.15, -0.1) is 0 Å². The Morgan fingerprint density at radius 2 is 1.47 bits per heavy atom. The molecule has 1 aromatic rings. The predicted octanol–water partition coefficient (Wildman–Crippen LogP) is 8.16. The number of unbranched alkanes of at least 4 members (excludes halogenated alkanes) is 9. The summed E-state index contributed by atoms with van der Waals surface area (Å²) in [4.78, 5) is 37.3. The van der Waals surface area contributed by atoms with Crippen molar-refractivity contribution in [3.63, 3.8) is 0 Å². The minimum atomic E-state index is -0.549. The number of carbonyl (C=O) groups excluding carboxylic acids is 3. The highest BCUT2D eigenvalue weighted by Crippen LogP contribution is 2.50. The Morgan fingerprint density at radius 3 is 2.03 bits per heavy atom. The van der Waals surface area contributed by atoms with Crippen molar-refractivity contribution in [3.05, 3.63) is 27.7 Å². The number of benzene rings is 1. The van der Waals surface area contributed by atoms with Gasteiger partial charge in [0.25, 0.3) is 0 Å². The number of halogens is 2. The molecular weight excluding hydrogens is 473 g/mol. The molecule has 190 valence electrons. The van der Waals surface area contributed by atoms with Crippen molar-refractivity contribution in [2.45, 2.75) is 104 Å². The highest BCUT2D eigenvalue weighted by Gasteiger charge is 2.47. The number of rotatable bonds is 17. The normalized spacial score (nSPS) is 14.0. The first-order valence-corrected chi connectivity index (χ1v) is 13.6. The first-order chi connectivity index (χ1) is 16.3. The lowest BCUT2D eigenvalue weighted by atomic mass is 9.95. The molecule has 1 amide bonds. The van der Waals surface area contributed by atoms with Crippen molar-refractivity contribution in [1.29, 1.82) is 0 Å². The standard InChI is InChI=1S/C27H39Cl2NO4/c1-3-5-6-7-8-9-10-11-12-13-16-34-26(33)20-17-23(22(29)18-21(20)28)30-25(32)19-24(31)27(4-2)14-15-27/h17-18H,3-16,19H2,1-2H3,(H,30,32). The molecule has 34 heavy (non-hydrogen) atoms. The van der Waals surface area contributed by atoms with E-state index < -0.39 is 11.9 Å². The maximum atomic E-state index is 12.5. The average Bonchev–Trinajstić information content (AvgIpc) is 3.60. The van der Waals surface area contributed by atoms with Crippen molar-refractivity contribution >= 4 is 46.5 Å². The van der Waals surface area contributed by atoms with Gasteiger partial charge in [-0.25, -0.2) is 4.79 Å². The van der Waals surface area contributed by atoms with E-state index in [0.29, 0.717) is 6.61 Å². The number of anilines is 1. The van der Waals surface area contributed by atoms with Crippen LogP contribution < -0.4 is 5.32 Å². The number of hydrogen-bond donors (Lipinski definition) is 1. The first kappa shape index (κ1) is 28.6. The van der Waals surface area contributed by atoms with Gasteiger partial charge in [0.2, 0.25) is 5.91 Å². The zero-order valence-corrected chi connectivity index (χ0v) is 22.2. The first-order valence-electron chi connectivity index (χ1n) is 12.8. The van der Waals surface area contributed by atoms with Gasteiger partial charge >= 0.3 is 5.97 Å². The summed E-state index contributed by atoms with van der Waals surface area (Å²) in [5.41, 5.74) is 0.0631. The van der Waals surface area contributed by atoms with Crippen molar-refractivity contribution in [1.82, 2.24) is 0 Å². The molecule has 1 aliphatic rings. The fourth-order valence-corrected chi connectivity index (χ4v) is 4.65. The molecule has 1 aromatic carbocycles. The molecule has 7 heteroatoms. The molecule has 0 atom stereocenters. The van der Waals surface area contributed by atoms with E-state index >= 15 is 0 Å². The molecule has 5 nitrogen and oxygen atoms in total. The van der Waals surface area contributed by atoms with E-state index in [1.165, 1.54) is 57.1 Å². The van der Waals surface area contributed by atoms with Crippen molar-refractivity contribution in [3.8, 4) is 0 Å². The van der Waals surface area contributed by atoms with E-state index in [4.69, 9.17) is 27.9 Å². The fraction of sp³-hybridized carbons (Fsp3) is 0.667. The summed E-state index contributed by atoms with van der Waals surface area (Å²) in [6, 6.07) is 2.83. The lowest BCUT2D eigenvalue weighted by molar-refractivity contribution is -0.129. The molecule has 2 rings (SSSR count). The van der Waals surface area contributed by atoms with E-state index in [0.717, 1.165) is 38.5 Å². The van der Waals surface area contributed by atoms with Crippen LogP contribution in [0.2, 0.25) is 10.0 Å². The Labute approximate surface area is 214 Å².